The largest absolute Gasteiger partial charge is 0.472 e. The van der Waals surface area contributed by atoms with E-state index in [0.29, 0.717) is 25.7 Å². The molecular weight excluding hydrogens is 1350 g/mol. The number of phosphoric acid groups is 2. The molecule has 0 saturated carbocycles. The molecule has 0 aliphatic carbocycles. The minimum atomic E-state index is -4.97. The van der Waals surface area contributed by atoms with E-state index in [1.165, 1.54) is 218 Å². The number of hydrogen-bond donors (Lipinski definition) is 3. The maximum Gasteiger partial charge on any atom is 0.472 e. The molecule has 0 bridgehead atoms. The van der Waals surface area contributed by atoms with Crippen LogP contribution in [0.5, 0.6) is 0 Å². The minimum Gasteiger partial charge on any atom is -0.462 e. The normalized spacial score (nSPS) is 14.6. The number of unbranched alkanes of at least 4 members (excludes halogenated alkanes) is 44. The summed E-state index contributed by atoms with van der Waals surface area (Å²) in [6.45, 7) is 12.0. The molecule has 0 aromatic rings. The molecule has 0 amide bonds. The first kappa shape index (κ1) is 102. The molecule has 614 valence electrons. The van der Waals surface area contributed by atoms with Crippen LogP contribution in [0.2, 0.25) is 0 Å². The van der Waals surface area contributed by atoms with Crippen molar-refractivity contribution < 1.29 is 80.2 Å². The monoisotopic (exact) mass is 1520 g/mol. The number of aliphatic hydroxyl groups is 1. The Labute approximate surface area is 637 Å². The number of rotatable bonds is 81. The average molecular weight is 1520 g/mol. The van der Waals surface area contributed by atoms with Gasteiger partial charge in [0.15, 0.2) is 12.2 Å². The molecule has 0 radical (unpaired) electrons. The van der Waals surface area contributed by atoms with Gasteiger partial charge in [0.25, 0.3) is 0 Å². The first-order valence-corrected chi connectivity index (χ1v) is 46.2. The zero-order valence-electron chi connectivity index (χ0n) is 68.0. The molecule has 4 unspecified atom stereocenters. The van der Waals surface area contributed by atoms with E-state index in [4.69, 9.17) is 37.0 Å². The Balaban J connectivity index is 5.30. The number of aliphatic hydroxyl groups excluding tert-OH is 1. The zero-order valence-corrected chi connectivity index (χ0v) is 69.8. The van der Waals surface area contributed by atoms with Crippen LogP contribution in [0.3, 0.4) is 0 Å². The lowest BCUT2D eigenvalue weighted by Gasteiger charge is -2.21. The van der Waals surface area contributed by atoms with Crippen LogP contribution in [0.15, 0.2) is 24.3 Å². The van der Waals surface area contributed by atoms with Crippen LogP contribution >= 0.6 is 15.6 Å². The van der Waals surface area contributed by atoms with Crippen molar-refractivity contribution in [2.75, 3.05) is 39.6 Å². The molecule has 0 aromatic carbocycles. The highest BCUT2D eigenvalue weighted by atomic mass is 31.2. The summed E-state index contributed by atoms with van der Waals surface area (Å²) in [6.07, 6.45) is 67.3. The van der Waals surface area contributed by atoms with Gasteiger partial charge in [-0.3, -0.25) is 37.3 Å². The van der Waals surface area contributed by atoms with Crippen LogP contribution in [-0.2, 0) is 65.4 Å². The van der Waals surface area contributed by atoms with Crippen molar-refractivity contribution in [1.29, 1.82) is 0 Å². The summed E-state index contributed by atoms with van der Waals surface area (Å²) in [7, 11) is -9.94. The molecule has 0 aromatic heterocycles. The number of allylic oxidation sites excluding steroid dienone is 4. The van der Waals surface area contributed by atoms with E-state index < -0.39 is 97.5 Å². The number of ether oxygens (including phenoxy) is 4. The Kier molecular flexibility index (Phi) is 72.9. The molecule has 17 nitrogen and oxygen atoms in total. The maximum atomic E-state index is 13.1. The lowest BCUT2D eigenvalue weighted by Crippen LogP contribution is -2.30. The van der Waals surface area contributed by atoms with Crippen LogP contribution in [0.4, 0.5) is 0 Å². The SMILES string of the molecule is CCCCCC/C=C\C=C/CCCCCCCC(=O)O[C@H](COC(=O)CCCCCCCCCCC(C)CC)COP(=O)(O)OC[C@H](O)COP(=O)(O)OC[C@@H](COC(=O)CCCCCCCCCCCCCCCCC(C)CC)OC(=O)CCCCCCCCCCCCCCCCCCC(C)C. The van der Waals surface area contributed by atoms with E-state index in [-0.39, 0.29) is 25.7 Å². The Hall–Kier alpha value is -2.46. The summed E-state index contributed by atoms with van der Waals surface area (Å²) in [5, 5.41) is 10.7. The van der Waals surface area contributed by atoms with E-state index in [1.807, 2.05) is 0 Å². The first-order chi connectivity index (χ1) is 50.3. The second-order valence-corrected chi connectivity index (χ2v) is 33.8. The number of esters is 4. The summed E-state index contributed by atoms with van der Waals surface area (Å²) in [5.74, 6) is 0.295. The van der Waals surface area contributed by atoms with E-state index in [9.17, 15) is 43.2 Å². The molecule has 3 N–H and O–H groups in total. The van der Waals surface area contributed by atoms with Gasteiger partial charge in [-0.25, -0.2) is 9.13 Å². The molecule has 0 saturated heterocycles. The third kappa shape index (κ3) is 75.0. The summed E-state index contributed by atoms with van der Waals surface area (Å²) < 4.78 is 68.8. The van der Waals surface area contributed by atoms with Gasteiger partial charge >= 0.3 is 39.5 Å². The Morgan fingerprint density at radius 3 is 0.856 bits per heavy atom. The molecule has 0 aliphatic rings. The summed E-state index contributed by atoms with van der Waals surface area (Å²) in [5.41, 5.74) is 0. The highest BCUT2D eigenvalue weighted by Gasteiger charge is 2.30. The van der Waals surface area contributed by atoms with Crippen molar-refractivity contribution in [2.24, 2.45) is 17.8 Å². The highest BCUT2D eigenvalue weighted by molar-refractivity contribution is 7.47. The Bertz CT molecular complexity index is 2110. The van der Waals surface area contributed by atoms with E-state index in [1.54, 1.807) is 0 Å². The van der Waals surface area contributed by atoms with Crippen LogP contribution in [0, 0.1) is 17.8 Å². The number of carbonyl (C=O) groups is 4. The standard InChI is InChI=1S/C85H162O17P2/c1-8-11-12-13-14-15-16-17-20-28-33-38-47-54-61-68-85(90)102-81(73-96-83(88)67-60-53-46-41-40-44-51-58-65-78(7)10-3)75-100-104(93,94)98-71-79(86)70-97-103(91,92)99-74-80(72-95-82(87)66-59-52-45-37-32-27-24-23-26-31-36-43-50-57-64-77(6)9-2)101-84(89)69-62-55-48-39-34-29-22-19-18-21-25-30-35-42-49-56-63-76(4)5/h15-17,20,76-81,86H,8-14,18-19,21-75H2,1-7H3,(H,91,92)(H,93,94)/b16-15-,20-17-/t77?,78?,79-,80-,81-/m1/s1. The fraction of sp³-hybridized carbons (Fsp3) is 0.906. The number of hydrogen-bond acceptors (Lipinski definition) is 15. The predicted octanol–water partition coefficient (Wildman–Crippen LogP) is 25.3. The fourth-order valence-corrected chi connectivity index (χ4v) is 14.2. The molecule has 7 atom stereocenters. The average Bonchev–Trinajstić information content (AvgIpc) is 0.979. The highest BCUT2D eigenvalue weighted by Crippen LogP contribution is 2.45. The third-order valence-electron chi connectivity index (χ3n) is 20.0. The van der Waals surface area contributed by atoms with Crippen LogP contribution < -0.4 is 0 Å². The van der Waals surface area contributed by atoms with Gasteiger partial charge in [0.1, 0.15) is 19.3 Å². The third-order valence-corrected chi connectivity index (χ3v) is 21.9. The summed E-state index contributed by atoms with van der Waals surface area (Å²) >= 11 is 0. The second kappa shape index (κ2) is 74.6. The van der Waals surface area contributed by atoms with E-state index in [2.05, 4.69) is 72.8 Å². The zero-order chi connectivity index (χ0) is 76.5. The van der Waals surface area contributed by atoms with Gasteiger partial charge in [0.2, 0.25) is 0 Å². The van der Waals surface area contributed by atoms with Gasteiger partial charge in [-0.05, 0) is 69.1 Å². The van der Waals surface area contributed by atoms with E-state index >= 15 is 0 Å². The second-order valence-electron chi connectivity index (χ2n) is 30.8. The van der Waals surface area contributed by atoms with Crippen LogP contribution in [-0.4, -0.2) is 96.7 Å². The van der Waals surface area contributed by atoms with Gasteiger partial charge in [-0.1, -0.05) is 368 Å². The van der Waals surface area contributed by atoms with Crippen molar-refractivity contribution in [1.82, 2.24) is 0 Å². The van der Waals surface area contributed by atoms with Gasteiger partial charge in [0, 0.05) is 25.7 Å². The molecule has 0 heterocycles. The van der Waals surface area contributed by atoms with Crippen molar-refractivity contribution >= 4 is 39.5 Å². The lowest BCUT2D eigenvalue weighted by molar-refractivity contribution is -0.161. The van der Waals surface area contributed by atoms with Crippen LogP contribution in [0.1, 0.15) is 421 Å². The summed E-state index contributed by atoms with van der Waals surface area (Å²) in [6, 6.07) is 0. The maximum absolute atomic E-state index is 13.1. The van der Waals surface area contributed by atoms with Crippen molar-refractivity contribution in [3.63, 3.8) is 0 Å². The number of carbonyl (C=O) groups excluding carboxylic acids is 4. The molecule has 104 heavy (non-hydrogen) atoms. The quantitative estimate of drug-likeness (QED) is 0.0169. The van der Waals surface area contributed by atoms with Gasteiger partial charge in [-0.2, -0.15) is 0 Å². The lowest BCUT2D eigenvalue weighted by atomic mass is 9.99. The Morgan fingerprint density at radius 1 is 0.317 bits per heavy atom. The Morgan fingerprint density at radius 2 is 0.567 bits per heavy atom. The number of phosphoric ester groups is 2. The van der Waals surface area contributed by atoms with Crippen molar-refractivity contribution in [3.05, 3.63) is 24.3 Å². The van der Waals surface area contributed by atoms with Gasteiger partial charge < -0.3 is 33.8 Å². The van der Waals surface area contributed by atoms with Gasteiger partial charge in [-0.15, -0.1) is 0 Å². The molecule has 0 aliphatic heterocycles. The van der Waals surface area contributed by atoms with Crippen LogP contribution in [0.25, 0.3) is 0 Å². The molecule has 0 rings (SSSR count). The predicted molar refractivity (Wildman–Crippen MR) is 427 cm³/mol. The smallest absolute Gasteiger partial charge is 0.462 e. The van der Waals surface area contributed by atoms with E-state index in [0.717, 1.165) is 120 Å². The van der Waals surface area contributed by atoms with Crippen molar-refractivity contribution in [2.45, 2.75) is 439 Å². The molecule has 19 heteroatoms. The molecular formula is C85H162O17P2. The minimum absolute atomic E-state index is 0.0846. The van der Waals surface area contributed by atoms with Gasteiger partial charge in [0.05, 0.1) is 26.4 Å². The molecule has 0 fully saturated rings. The molecule has 0 spiro atoms. The van der Waals surface area contributed by atoms with Crippen molar-refractivity contribution in [3.8, 4) is 0 Å². The summed E-state index contributed by atoms with van der Waals surface area (Å²) in [4.78, 5) is 73.2. The first-order valence-electron chi connectivity index (χ1n) is 43.2. The topological polar surface area (TPSA) is 237 Å². The fourth-order valence-electron chi connectivity index (χ4n) is 12.6.